The Balaban J connectivity index is 2.56. The molecule has 1 N–H and O–H groups in total. The molecule has 2 heteroatoms. The quantitative estimate of drug-likeness (QED) is 0.770. The fourth-order valence-electron chi connectivity index (χ4n) is 2.22. The van der Waals surface area contributed by atoms with Crippen molar-refractivity contribution in [2.75, 3.05) is 19.6 Å². The largest absolute Gasteiger partial charge is 0.311 e. The van der Waals surface area contributed by atoms with Crippen LogP contribution >= 0.6 is 0 Å². The number of hydrogen-bond donors (Lipinski definition) is 1. The van der Waals surface area contributed by atoms with E-state index in [4.69, 9.17) is 0 Å². The highest BCUT2D eigenvalue weighted by Gasteiger charge is 2.31. The smallest absolute Gasteiger partial charge is 0.0221 e. The van der Waals surface area contributed by atoms with Gasteiger partial charge in [-0.25, -0.2) is 0 Å². The summed E-state index contributed by atoms with van der Waals surface area (Å²) in [5.74, 6) is 0.792. The van der Waals surface area contributed by atoms with Crippen molar-refractivity contribution in [3.8, 4) is 0 Å². The van der Waals surface area contributed by atoms with Gasteiger partial charge in [0.25, 0.3) is 0 Å². The van der Waals surface area contributed by atoms with E-state index in [-0.39, 0.29) is 0 Å². The molecule has 15 heavy (non-hydrogen) atoms. The van der Waals surface area contributed by atoms with Crippen LogP contribution in [-0.2, 0) is 0 Å². The summed E-state index contributed by atoms with van der Waals surface area (Å²) in [7, 11) is 0. The zero-order chi connectivity index (χ0) is 11.5. The van der Waals surface area contributed by atoms with E-state index in [1.54, 1.807) is 0 Å². The van der Waals surface area contributed by atoms with E-state index < -0.39 is 0 Å². The second kappa shape index (κ2) is 5.31. The highest BCUT2D eigenvalue weighted by atomic mass is 15.2. The number of nitrogens with one attached hydrogen (secondary N) is 1. The van der Waals surface area contributed by atoms with E-state index in [1.165, 1.54) is 25.9 Å². The van der Waals surface area contributed by atoms with Gasteiger partial charge in [-0.3, -0.25) is 4.90 Å². The van der Waals surface area contributed by atoms with Crippen molar-refractivity contribution < 1.29 is 0 Å². The molecule has 0 radical (unpaired) electrons. The topological polar surface area (TPSA) is 15.3 Å². The second-order valence-electron chi connectivity index (χ2n) is 5.56. The van der Waals surface area contributed by atoms with Crippen LogP contribution in [0.4, 0.5) is 0 Å². The monoisotopic (exact) mass is 212 g/mol. The summed E-state index contributed by atoms with van der Waals surface area (Å²) in [5.41, 5.74) is 0.369. The summed E-state index contributed by atoms with van der Waals surface area (Å²) >= 11 is 0. The van der Waals surface area contributed by atoms with Gasteiger partial charge < -0.3 is 5.32 Å². The van der Waals surface area contributed by atoms with Crippen LogP contribution in [0.5, 0.6) is 0 Å². The maximum Gasteiger partial charge on any atom is 0.0221 e. The van der Waals surface area contributed by atoms with Crippen molar-refractivity contribution in [1.29, 1.82) is 0 Å². The molecular weight excluding hydrogens is 184 g/mol. The third-order valence-corrected chi connectivity index (χ3v) is 4.26. The maximum absolute atomic E-state index is 3.65. The highest BCUT2D eigenvalue weighted by Crippen LogP contribution is 2.22. The first-order chi connectivity index (χ1) is 7.01. The number of nitrogens with zero attached hydrogens (tertiary/aromatic N) is 1. The van der Waals surface area contributed by atoms with Crippen molar-refractivity contribution >= 4 is 0 Å². The van der Waals surface area contributed by atoms with Crippen LogP contribution in [0.2, 0.25) is 0 Å². The first-order valence-corrected chi connectivity index (χ1v) is 6.49. The summed E-state index contributed by atoms with van der Waals surface area (Å²) in [4.78, 5) is 2.65. The highest BCUT2D eigenvalue weighted by molar-refractivity contribution is 4.89. The van der Waals surface area contributed by atoms with Gasteiger partial charge in [-0.15, -0.1) is 0 Å². The van der Waals surface area contributed by atoms with Crippen LogP contribution in [0.25, 0.3) is 0 Å². The lowest BCUT2D eigenvalue weighted by Crippen LogP contribution is -2.59. The van der Waals surface area contributed by atoms with Crippen LogP contribution in [0.1, 0.15) is 47.5 Å². The van der Waals surface area contributed by atoms with E-state index in [0.717, 1.165) is 12.5 Å². The van der Waals surface area contributed by atoms with Crippen LogP contribution in [0, 0.1) is 5.92 Å². The molecule has 0 bridgehead atoms. The van der Waals surface area contributed by atoms with Crippen molar-refractivity contribution in [2.24, 2.45) is 5.92 Å². The number of hydrogen-bond acceptors (Lipinski definition) is 2. The Labute approximate surface area is 95.4 Å². The molecule has 90 valence electrons. The van der Waals surface area contributed by atoms with Gasteiger partial charge in [0, 0.05) is 31.2 Å². The molecule has 1 heterocycles. The molecule has 1 aliphatic heterocycles. The molecule has 2 atom stereocenters. The third-order valence-electron chi connectivity index (χ3n) is 4.26. The molecule has 0 saturated carbocycles. The zero-order valence-electron chi connectivity index (χ0n) is 11.1. The van der Waals surface area contributed by atoms with Crippen molar-refractivity contribution in [2.45, 2.75) is 59.0 Å². The Morgan fingerprint density at radius 1 is 1.40 bits per heavy atom. The van der Waals surface area contributed by atoms with Gasteiger partial charge >= 0.3 is 0 Å². The summed E-state index contributed by atoms with van der Waals surface area (Å²) in [6, 6.07) is 0.689. The van der Waals surface area contributed by atoms with E-state index in [9.17, 15) is 0 Å². The summed E-state index contributed by atoms with van der Waals surface area (Å²) in [6.45, 7) is 15.2. The molecule has 0 amide bonds. The molecule has 0 aromatic carbocycles. The summed E-state index contributed by atoms with van der Waals surface area (Å²) < 4.78 is 0. The van der Waals surface area contributed by atoms with E-state index in [0.29, 0.717) is 11.6 Å². The zero-order valence-corrected chi connectivity index (χ0v) is 11.1. The average molecular weight is 212 g/mol. The van der Waals surface area contributed by atoms with Crippen molar-refractivity contribution in [3.05, 3.63) is 0 Å². The van der Waals surface area contributed by atoms with Crippen LogP contribution in [-0.4, -0.2) is 36.1 Å². The van der Waals surface area contributed by atoms with Gasteiger partial charge in [0.05, 0.1) is 0 Å². The molecule has 1 fully saturated rings. The minimum atomic E-state index is 0.369. The van der Waals surface area contributed by atoms with E-state index in [1.807, 2.05) is 0 Å². The van der Waals surface area contributed by atoms with Gasteiger partial charge in [-0.2, -0.15) is 0 Å². The predicted molar refractivity (Wildman–Crippen MR) is 67.2 cm³/mol. The van der Waals surface area contributed by atoms with Gasteiger partial charge in [-0.1, -0.05) is 27.2 Å². The minimum Gasteiger partial charge on any atom is -0.311 e. The Morgan fingerprint density at radius 3 is 2.60 bits per heavy atom. The van der Waals surface area contributed by atoms with Crippen LogP contribution in [0.3, 0.4) is 0 Å². The molecular formula is C13H28N2. The summed E-state index contributed by atoms with van der Waals surface area (Å²) in [6.07, 6.45) is 2.51. The molecule has 0 spiro atoms. The lowest BCUT2D eigenvalue weighted by Gasteiger charge is -2.45. The molecule has 0 aliphatic carbocycles. The Bertz CT molecular complexity index is 189. The first kappa shape index (κ1) is 13.0. The van der Waals surface area contributed by atoms with Gasteiger partial charge in [0.1, 0.15) is 0 Å². The fraction of sp³-hybridized carbons (Fsp3) is 1.00. The SMILES string of the molecule is CCC(C)C1CN(C(C)(C)CC)CCN1. The Hall–Kier alpha value is -0.0800. The number of rotatable bonds is 4. The van der Waals surface area contributed by atoms with Crippen LogP contribution in [0.15, 0.2) is 0 Å². The average Bonchev–Trinajstić information content (AvgIpc) is 2.28. The molecule has 1 rings (SSSR count). The van der Waals surface area contributed by atoms with Gasteiger partial charge in [0.15, 0.2) is 0 Å². The molecule has 0 aromatic heterocycles. The maximum atomic E-state index is 3.65. The molecule has 0 aromatic rings. The van der Waals surface area contributed by atoms with Crippen LogP contribution < -0.4 is 5.32 Å². The predicted octanol–water partition coefficient (Wildman–Crippen LogP) is 2.49. The summed E-state index contributed by atoms with van der Waals surface area (Å²) in [5, 5.41) is 3.65. The molecule has 2 unspecified atom stereocenters. The molecule has 1 aliphatic rings. The first-order valence-electron chi connectivity index (χ1n) is 6.49. The second-order valence-corrected chi connectivity index (χ2v) is 5.56. The lowest BCUT2D eigenvalue weighted by molar-refractivity contribution is 0.0663. The number of piperazine rings is 1. The van der Waals surface area contributed by atoms with Crippen molar-refractivity contribution in [1.82, 2.24) is 10.2 Å². The molecule has 2 nitrogen and oxygen atoms in total. The normalized spacial score (nSPS) is 26.6. The van der Waals surface area contributed by atoms with Gasteiger partial charge in [0.2, 0.25) is 0 Å². The minimum absolute atomic E-state index is 0.369. The molecule has 1 saturated heterocycles. The van der Waals surface area contributed by atoms with Gasteiger partial charge in [-0.05, 0) is 26.2 Å². The lowest BCUT2D eigenvalue weighted by atomic mass is 9.92. The Kier molecular flexibility index (Phi) is 4.60. The standard InChI is InChI=1S/C13H28N2/c1-6-11(3)12-10-15(9-8-14-12)13(4,5)7-2/h11-12,14H,6-10H2,1-5H3. The third kappa shape index (κ3) is 3.18. The Morgan fingerprint density at radius 2 is 2.07 bits per heavy atom. The van der Waals surface area contributed by atoms with Crippen molar-refractivity contribution in [3.63, 3.8) is 0 Å². The van der Waals surface area contributed by atoms with E-state index in [2.05, 4.69) is 44.8 Å². The van der Waals surface area contributed by atoms with E-state index >= 15 is 0 Å². The fourth-order valence-corrected chi connectivity index (χ4v) is 2.22.